The molecular weight excluding hydrogens is 353 g/mol. The van der Waals surface area contributed by atoms with E-state index in [1.54, 1.807) is 0 Å². The Bertz CT molecular complexity index is 510. The summed E-state index contributed by atoms with van der Waals surface area (Å²) in [4.78, 5) is 43.5. The Morgan fingerprint density at radius 3 is 2.08 bits per heavy atom. The molecule has 1 aliphatic rings. The Morgan fingerprint density at radius 1 is 1.16 bits per heavy atom. The van der Waals surface area contributed by atoms with Gasteiger partial charge in [-0.1, -0.05) is 0 Å². The molecule has 25 heavy (non-hydrogen) atoms. The van der Waals surface area contributed by atoms with Crippen LogP contribution in [0.1, 0.15) is 25.7 Å². The zero-order valence-electron chi connectivity index (χ0n) is 13.0. The van der Waals surface area contributed by atoms with Crippen molar-refractivity contribution in [2.45, 2.75) is 37.9 Å². The lowest BCUT2D eigenvalue weighted by Gasteiger charge is -2.30. The zero-order valence-corrected chi connectivity index (χ0v) is 13.0. The minimum absolute atomic E-state index is 0.0415. The molecule has 1 fully saturated rings. The average molecular weight is 372 g/mol. The van der Waals surface area contributed by atoms with Gasteiger partial charge in [-0.2, -0.15) is 13.2 Å². The second-order valence-electron chi connectivity index (χ2n) is 5.30. The summed E-state index contributed by atoms with van der Waals surface area (Å²) in [7, 11) is 0. The number of carboxylic acid groups (broad SMARTS) is 3. The second kappa shape index (κ2) is 9.81. The van der Waals surface area contributed by atoms with Crippen LogP contribution < -0.4 is 5.73 Å². The predicted octanol–water partition coefficient (Wildman–Crippen LogP) is 0.135. The molecule has 1 saturated heterocycles. The Hall–Kier alpha value is -2.37. The number of amides is 1. The Labute approximate surface area is 140 Å². The van der Waals surface area contributed by atoms with Crippen LogP contribution in [0, 0.1) is 5.92 Å². The molecule has 0 bridgehead atoms. The van der Waals surface area contributed by atoms with E-state index in [1.807, 2.05) is 0 Å². The number of nitrogens with zero attached hydrogens (tertiary/aromatic N) is 1. The van der Waals surface area contributed by atoms with Gasteiger partial charge in [-0.05, 0) is 19.3 Å². The first-order valence-electron chi connectivity index (χ1n) is 7.15. The lowest BCUT2D eigenvalue weighted by molar-refractivity contribution is -0.192. The minimum Gasteiger partial charge on any atom is -0.481 e. The van der Waals surface area contributed by atoms with E-state index in [1.165, 1.54) is 4.90 Å². The largest absolute Gasteiger partial charge is 0.490 e. The molecule has 9 nitrogen and oxygen atoms in total. The van der Waals surface area contributed by atoms with E-state index in [0.29, 0.717) is 19.4 Å². The molecule has 0 unspecified atom stereocenters. The highest BCUT2D eigenvalue weighted by Crippen LogP contribution is 2.17. The van der Waals surface area contributed by atoms with Gasteiger partial charge < -0.3 is 26.0 Å². The third kappa shape index (κ3) is 8.88. The normalized spacial score (nSPS) is 18.6. The fraction of sp³-hybridized carbons (Fsp3) is 0.692. The van der Waals surface area contributed by atoms with Gasteiger partial charge in [-0.25, -0.2) is 4.79 Å². The second-order valence-corrected chi connectivity index (χ2v) is 5.30. The maximum atomic E-state index is 11.8. The summed E-state index contributed by atoms with van der Waals surface area (Å²) in [5, 5.41) is 24.6. The molecule has 0 radical (unpaired) electrons. The van der Waals surface area contributed by atoms with Crippen molar-refractivity contribution < 1.29 is 47.7 Å². The van der Waals surface area contributed by atoms with Crippen molar-refractivity contribution in [3.63, 3.8) is 0 Å². The molecule has 0 aromatic heterocycles. The number of carboxylic acids is 3. The highest BCUT2D eigenvalue weighted by atomic mass is 19.4. The number of aliphatic carboxylic acids is 3. The number of hydrogen-bond acceptors (Lipinski definition) is 5. The number of piperidine rings is 1. The van der Waals surface area contributed by atoms with Crippen LogP contribution in [0.3, 0.4) is 0 Å². The number of carbonyl (C=O) groups is 4. The van der Waals surface area contributed by atoms with E-state index >= 15 is 0 Å². The molecule has 0 aromatic rings. The molecule has 1 rings (SSSR count). The van der Waals surface area contributed by atoms with Crippen LogP contribution in [0.4, 0.5) is 13.2 Å². The quantitative estimate of drug-likeness (QED) is 0.530. The van der Waals surface area contributed by atoms with E-state index in [0.717, 1.165) is 0 Å². The summed E-state index contributed by atoms with van der Waals surface area (Å²) in [5.74, 6) is -5.53. The van der Waals surface area contributed by atoms with Gasteiger partial charge in [0.15, 0.2) is 0 Å². The van der Waals surface area contributed by atoms with E-state index < -0.39 is 36.0 Å². The van der Waals surface area contributed by atoms with Crippen LogP contribution in [-0.2, 0) is 19.2 Å². The first-order chi connectivity index (χ1) is 11.4. The average Bonchev–Trinajstić information content (AvgIpc) is 2.51. The number of rotatable bonds is 5. The number of likely N-dealkylation sites (tertiary alicyclic amines) is 1. The molecule has 0 aromatic carbocycles. The van der Waals surface area contributed by atoms with Crippen LogP contribution in [0.25, 0.3) is 0 Å². The van der Waals surface area contributed by atoms with Crippen molar-refractivity contribution in [3.05, 3.63) is 0 Å². The van der Waals surface area contributed by atoms with Gasteiger partial charge in [0.2, 0.25) is 5.91 Å². The van der Waals surface area contributed by atoms with Gasteiger partial charge in [0.25, 0.3) is 0 Å². The van der Waals surface area contributed by atoms with Gasteiger partial charge in [-0.3, -0.25) is 14.4 Å². The number of halogens is 3. The smallest absolute Gasteiger partial charge is 0.481 e. The molecule has 12 heteroatoms. The van der Waals surface area contributed by atoms with Crippen LogP contribution in [0.5, 0.6) is 0 Å². The molecule has 2 atom stereocenters. The van der Waals surface area contributed by atoms with Crippen molar-refractivity contribution in [2.75, 3.05) is 13.1 Å². The van der Waals surface area contributed by atoms with E-state index in [9.17, 15) is 27.6 Å². The van der Waals surface area contributed by atoms with Crippen LogP contribution in [-0.4, -0.2) is 69.3 Å². The summed E-state index contributed by atoms with van der Waals surface area (Å²) < 4.78 is 31.7. The van der Waals surface area contributed by atoms with Gasteiger partial charge in [0.05, 0.1) is 5.92 Å². The molecular formula is C13H19F3N2O7. The number of nitrogens with two attached hydrogens (primary N) is 1. The van der Waals surface area contributed by atoms with Crippen molar-refractivity contribution in [1.29, 1.82) is 0 Å². The first-order valence-corrected chi connectivity index (χ1v) is 7.15. The van der Waals surface area contributed by atoms with Crippen molar-refractivity contribution in [3.8, 4) is 0 Å². The third-order valence-corrected chi connectivity index (χ3v) is 3.35. The van der Waals surface area contributed by atoms with Gasteiger partial charge in [0.1, 0.15) is 6.04 Å². The Morgan fingerprint density at radius 2 is 1.68 bits per heavy atom. The molecule has 1 heterocycles. The Kier molecular flexibility index (Phi) is 8.88. The van der Waals surface area contributed by atoms with Crippen molar-refractivity contribution >= 4 is 23.8 Å². The summed E-state index contributed by atoms with van der Waals surface area (Å²) in [5.41, 5.74) is 5.31. The fourth-order valence-electron chi connectivity index (χ4n) is 1.97. The van der Waals surface area contributed by atoms with E-state index in [2.05, 4.69) is 0 Å². The maximum absolute atomic E-state index is 11.8. The highest BCUT2D eigenvalue weighted by molar-refractivity contribution is 5.79. The lowest BCUT2D eigenvalue weighted by atomic mass is 9.98. The zero-order chi connectivity index (χ0) is 19.8. The van der Waals surface area contributed by atoms with Gasteiger partial charge >= 0.3 is 24.1 Å². The minimum atomic E-state index is -5.08. The van der Waals surface area contributed by atoms with Crippen LogP contribution in [0.2, 0.25) is 0 Å². The summed E-state index contributed by atoms with van der Waals surface area (Å²) in [6.07, 6.45) is -3.73. The van der Waals surface area contributed by atoms with Gasteiger partial charge in [0, 0.05) is 19.5 Å². The van der Waals surface area contributed by atoms with Crippen molar-refractivity contribution in [1.82, 2.24) is 4.90 Å². The SMILES string of the molecule is N[C@@H](CCC(=O)N1CCC[C@H](C(=O)O)C1)C(=O)O.O=C(O)C(F)(F)F. The molecule has 0 saturated carbocycles. The topological polar surface area (TPSA) is 158 Å². The predicted molar refractivity (Wildman–Crippen MR) is 75.5 cm³/mol. The van der Waals surface area contributed by atoms with Gasteiger partial charge in [-0.15, -0.1) is 0 Å². The third-order valence-electron chi connectivity index (χ3n) is 3.35. The molecule has 1 amide bonds. The molecule has 0 aliphatic carbocycles. The summed E-state index contributed by atoms with van der Waals surface area (Å²) in [6, 6.07) is -1.05. The summed E-state index contributed by atoms with van der Waals surface area (Å²) in [6.45, 7) is 0.737. The number of carbonyl (C=O) groups excluding carboxylic acids is 1. The van der Waals surface area contributed by atoms with Crippen LogP contribution >= 0.6 is 0 Å². The fourth-order valence-corrected chi connectivity index (χ4v) is 1.97. The molecule has 144 valence electrons. The van der Waals surface area contributed by atoms with Crippen molar-refractivity contribution in [2.24, 2.45) is 11.7 Å². The van der Waals surface area contributed by atoms with E-state index in [4.69, 9.17) is 25.8 Å². The van der Waals surface area contributed by atoms with E-state index in [-0.39, 0.29) is 25.3 Å². The molecule has 0 spiro atoms. The molecule has 5 N–H and O–H groups in total. The molecule has 1 aliphatic heterocycles. The van der Waals surface area contributed by atoms with Crippen LogP contribution in [0.15, 0.2) is 0 Å². The monoisotopic (exact) mass is 372 g/mol. The highest BCUT2D eigenvalue weighted by Gasteiger charge is 2.38. The number of alkyl halides is 3. The first kappa shape index (κ1) is 22.6. The summed E-state index contributed by atoms with van der Waals surface area (Å²) >= 11 is 0. The Balaban J connectivity index is 0.000000697. The lowest BCUT2D eigenvalue weighted by Crippen LogP contribution is -2.43. The standard InChI is InChI=1S/C11H18N2O5.C2HF3O2/c12-8(11(17)18)3-4-9(14)13-5-1-2-7(6-13)10(15)16;3-2(4,5)1(6)7/h7-8H,1-6,12H2,(H,15,16)(H,17,18);(H,6,7)/t7-,8-;/m0./s1. The maximum Gasteiger partial charge on any atom is 0.490 e. The number of hydrogen-bond donors (Lipinski definition) is 4.